The highest BCUT2D eigenvalue weighted by molar-refractivity contribution is 14.0. The summed E-state index contributed by atoms with van der Waals surface area (Å²) in [4.78, 5) is 29.5. The van der Waals surface area contributed by atoms with Crippen LogP contribution in [0.5, 0.6) is 0 Å². The van der Waals surface area contributed by atoms with Gasteiger partial charge in [0.05, 0.1) is 17.5 Å². The molecule has 0 fully saturated rings. The Kier molecular flexibility index (Phi) is 9.00. The second kappa shape index (κ2) is 10.5. The maximum Gasteiger partial charge on any atom is 0.390 e. The van der Waals surface area contributed by atoms with Crippen molar-refractivity contribution in [3.05, 3.63) is 35.4 Å². The molecule has 150 valence electrons. The molecule has 6 nitrogen and oxygen atoms in total. The number of guanidine groups is 1. The Morgan fingerprint density at radius 3 is 2.11 bits per heavy atom. The minimum absolute atomic E-state index is 0. The number of halogens is 4. The van der Waals surface area contributed by atoms with Crippen molar-refractivity contribution < 1.29 is 22.8 Å². The lowest BCUT2D eigenvalue weighted by Gasteiger charge is -2.15. The van der Waals surface area contributed by atoms with Gasteiger partial charge in [-0.1, -0.05) is 12.1 Å². The number of nitrogens with one attached hydrogen (secondary N) is 2. The number of imide groups is 1. The second-order valence-corrected chi connectivity index (χ2v) is 5.81. The third-order valence-corrected chi connectivity index (χ3v) is 3.90. The number of rotatable bonds is 7. The lowest BCUT2D eigenvalue weighted by atomic mass is 10.1. The van der Waals surface area contributed by atoms with E-state index < -0.39 is 12.6 Å². The fourth-order valence-electron chi connectivity index (χ4n) is 2.59. The van der Waals surface area contributed by atoms with Crippen molar-refractivity contribution >= 4 is 41.8 Å². The molecule has 2 rings (SSSR count). The normalized spacial score (nSPS) is 14.1. The fourth-order valence-corrected chi connectivity index (χ4v) is 2.59. The molecule has 1 aliphatic heterocycles. The molecule has 1 aromatic rings. The molecule has 2 amide bonds. The Morgan fingerprint density at radius 1 is 1.04 bits per heavy atom. The van der Waals surface area contributed by atoms with E-state index in [1.165, 1.54) is 11.9 Å². The van der Waals surface area contributed by atoms with Gasteiger partial charge in [-0.15, -0.1) is 24.0 Å². The topological polar surface area (TPSA) is 73.8 Å². The number of nitrogens with zero attached hydrogens (tertiary/aromatic N) is 2. The molecule has 0 unspecified atom stereocenters. The summed E-state index contributed by atoms with van der Waals surface area (Å²) in [5.74, 6) is -0.290. The molecule has 1 heterocycles. The van der Waals surface area contributed by atoms with Crippen LogP contribution >= 0.6 is 24.0 Å². The van der Waals surface area contributed by atoms with Crippen molar-refractivity contribution in [3.63, 3.8) is 0 Å². The maximum atomic E-state index is 12.2. The van der Waals surface area contributed by atoms with Gasteiger partial charge in [0.15, 0.2) is 5.96 Å². The number of fused-ring (bicyclic) bond motifs is 1. The fraction of sp³-hybridized carbons (Fsp3) is 0.471. The number of unbranched alkanes of at least 4 members (excludes halogenated alkanes) is 1. The predicted octanol–water partition coefficient (Wildman–Crippen LogP) is 2.80. The van der Waals surface area contributed by atoms with Crippen LogP contribution in [0.15, 0.2) is 29.3 Å². The molecule has 0 radical (unpaired) electrons. The lowest BCUT2D eigenvalue weighted by molar-refractivity contribution is -0.132. The minimum Gasteiger partial charge on any atom is -0.356 e. The zero-order valence-corrected chi connectivity index (χ0v) is 17.1. The van der Waals surface area contributed by atoms with Crippen LogP contribution in [0.1, 0.15) is 40.0 Å². The van der Waals surface area contributed by atoms with Crippen LogP contribution in [0.3, 0.4) is 0 Å². The number of carbonyl (C=O) groups excluding carboxylic acids is 2. The van der Waals surface area contributed by atoms with E-state index in [0.29, 0.717) is 37.1 Å². The summed E-state index contributed by atoms with van der Waals surface area (Å²) < 4.78 is 36.3. The van der Waals surface area contributed by atoms with Crippen LogP contribution in [0.2, 0.25) is 0 Å². The van der Waals surface area contributed by atoms with E-state index in [1.807, 2.05) is 0 Å². The SMILES string of the molecule is CN=C(NCCCCN1C(=O)c2ccccc2C1=O)NCCC(F)(F)F.I. The van der Waals surface area contributed by atoms with Crippen molar-refractivity contribution in [1.29, 1.82) is 0 Å². The van der Waals surface area contributed by atoms with Gasteiger partial charge < -0.3 is 10.6 Å². The third kappa shape index (κ3) is 6.67. The Morgan fingerprint density at radius 2 is 1.59 bits per heavy atom. The number of benzene rings is 1. The Balaban J connectivity index is 0.00000364. The molecule has 0 bridgehead atoms. The van der Waals surface area contributed by atoms with E-state index in [0.717, 1.165) is 0 Å². The van der Waals surface area contributed by atoms with E-state index >= 15 is 0 Å². The van der Waals surface area contributed by atoms with Crippen LogP contribution in [0, 0.1) is 0 Å². The summed E-state index contributed by atoms with van der Waals surface area (Å²) in [5, 5.41) is 5.49. The predicted molar refractivity (Wildman–Crippen MR) is 106 cm³/mol. The molecule has 10 heteroatoms. The van der Waals surface area contributed by atoms with E-state index in [2.05, 4.69) is 15.6 Å². The van der Waals surface area contributed by atoms with Gasteiger partial charge in [0, 0.05) is 26.7 Å². The number of aliphatic imine (C=N–C) groups is 1. The molecular formula is C17H22F3IN4O2. The second-order valence-electron chi connectivity index (χ2n) is 5.81. The van der Waals surface area contributed by atoms with E-state index in [4.69, 9.17) is 0 Å². The highest BCUT2D eigenvalue weighted by Gasteiger charge is 2.34. The van der Waals surface area contributed by atoms with Gasteiger partial charge >= 0.3 is 6.18 Å². The lowest BCUT2D eigenvalue weighted by Crippen LogP contribution is -2.39. The molecule has 27 heavy (non-hydrogen) atoms. The molecule has 0 aromatic heterocycles. The Labute approximate surface area is 172 Å². The van der Waals surface area contributed by atoms with Crippen LogP contribution in [-0.4, -0.2) is 55.5 Å². The van der Waals surface area contributed by atoms with Gasteiger partial charge in [-0.2, -0.15) is 13.2 Å². The molecule has 0 atom stereocenters. The summed E-state index contributed by atoms with van der Waals surface area (Å²) in [6, 6.07) is 6.70. The van der Waals surface area contributed by atoms with E-state index in [-0.39, 0.29) is 48.3 Å². The summed E-state index contributed by atoms with van der Waals surface area (Å²) in [5.41, 5.74) is 0.842. The number of carbonyl (C=O) groups is 2. The zero-order chi connectivity index (χ0) is 19.2. The largest absolute Gasteiger partial charge is 0.390 e. The first kappa shape index (κ1) is 23.2. The van der Waals surface area contributed by atoms with E-state index in [9.17, 15) is 22.8 Å². The molecule has 2 N–H and O–H groups in total. The average molecular weight is 498 g/mol. The molecule has 0 saturated carbocycles. The van der Waals surface area contributed by atoms with Gasteiger partial charge in [-0.25, -0.2) is 0 Å². The van der Waals surface area contributed by atoms with Crippen LogP contribution < -0.4 is 10.6 Å². The molecular weight excluding hydrogens is 476 g/mol. The molecule has 0 aliphatic carbocycles. The molecule has 0 spiro atoms. The van der Waals surface area contributed by atoms with Gasteiger partial charge in [-0.05, 0) is 25.0 Å². The standard InChI is InChI=1S/C17H21F3N4O2.HI/c1-21-16(23-10-8-17(18,19)20)22-9-4-5-11-24-14(25)12-6-2-3-7-13(12)15(24)26;/h2-3,6-7H,4-5,8-11H2,1H3,(H2,21,22,23);1H. The van der Waals surface area contributed by atoms with Crippen molar-refractivity contribution in [2.45, 2.75) is 25.4 Å². The average Bonchev–Trinajstić information content (AvgIpc) is 2.84. The van der Waals surface area contributed by atoms with Gasteiger partial charge in [0.2, 0.25) is 0 Å². The van der Waals surface area contributed by atoms with Crippen LogP contribution in [0.4, 0.5) is 13.2 Å². The molecule has 1 aromatic carbocycles. The van der Waals surface area contributed by atoms with Crippen LogP contribution in [0.25, 0.3) is 0 Å². The summed E-state index contributed by atoms with van der Waals surface area (Å²) >= 11 is 0. The van der Waals surface area contributed by atoms with Gasteiger partial charge in [0.1, 0.15) is 0 Å². The number of hydrogen-bond acceptors (Lipinski definition) is 3. The monoisotopic (exact) mass is 498 g/mol. The third-order valence-electron chi connectivity index (χ3n) is 3.90. The summed E-state index contributed by atoms with van der Waals surface area (Å²) in [7, 11) is 1.47. The Hall–Kier alpha value is -1.85. The summed E-state index contributed by atoms with van der Waals surface area (Å²) in [6.07, 6.45) is -3.93. The molecule has 0 saturated heterocycles. The van der Waals surface area contributed by atoms with Crippen molar-refractivity contribution in [2.24, 2.45) is 4.99 Å². The van der Waals surface area contributed by atoms with Crippen molar-refractivity contribution in [2.75, 3.05) is 26.7 Å². The van der Waals surface area contributed by atoms with Crippen molar-refractivity contribution in [1.82, 2.24) is 15.5 Å². The zero-order valence-electron chi connectivity index (χ0n) is 14.8. The maximum absolute atomic E-state index is 12.2. The first-order valence-electron chi connectivity index (χ1n) is 8.30. The summed E-state index contributed by atoms with van der Waals surface area (Å²) in [6.45, 7) is 0.515. The minimum atomic E-state index is -4.21. The first-order valence-corrected chi connectivity index (χ1v) is 8.30. The number of alkyl halides is 3. The molecule has 1 aliphatic rings. The highest BCUT2D eigenvalue weighted by atomic mass is 127. The first-order chi connectivity index (χ1) is 12.3. The van der Waals surface area contributed by atoms with Crippen LogP contribution in [-0.2, 0) is 0 Å². The van der Waals surface area contributed by atoms with Crippen molar-refractivity contribution in [3.8, 4) is 0 Å². The smallest absolute Gasteiger partial charge is 0.356 e. The highest BCUT2D eigenvalue weighted by Crippen LogP contribution is 2.22. The van der Waals surface area contributed by atoms with Gasteiger partial charge in [-0.3, -0.25) is 19.5 Å². The quantitative estimate of drug-likeness (QED) is 0.200. The van der Waals surface area contributed by atoms with E-state index in [1.54, 1.807) is 24.3 Å². The number of hydrogen-bond donors (Lipinski definition) is 2. The number of amides is 2. The van der Waals surface area contributed by atoms with Gasteiger partial charge in [0.25, 0.3) is 11.8 Å². The Bertz CT molecular complexity index is 660.